The number of carbonyl (C=O) groups excluding carboxylic acids is 4. The lowest BCUT2D eigenvalue weighted by atomic mass is 9.76. The van der Waals surface area contributed by atoms with E-state index < -0.39 is 17.5 Å². The summed E-state index contributed by atoms with van der Waals surface area (Å²) in [6, 6.07) is 12.6. The van der Waals surface area contributed by atoms with Crippen molar-refractivity contribution >= 4 is 28.7 Å². The van der Waals surface area contributed by atoms with Gasteiger partial charge < -0.3 is 0 Å². The van der Waals surface area contributed by atoms with Gasteiger partial charge >= 0.3 is 0 Å². The fraction of sp³-hybridized carbons (Fsp3) is 0.471. The van der Waals surface area contributed by atoms with Crippen LogP contribution in [0.5, 0.6) is 0 Å². The number of allylic oxidation sites excluding steroid dienone is 2. The van der Waals surface area contributed by atoms with E-state index in [0.717, 1.165) is 43.2 Å². The summed E-state index contributed by atoms with van der Waals surface area (Å²) in [7, 11) is 0. The average molecular weight is 513 g/mol. The topological polar surface area (TPSA) is 68.3 Å². The van der Waals surface area contributed by atoms with E-state index in [9.17, 15) is 19.2 Å². The zero-order valence-electron chi connectivity index (χ0n) is 23.4. The van der Waals surface area contributed by atoms with Gasteiger partial charge in [0.15, 0.2) is 5.78 Å². The molecule has 2 aliphatic rings. The molecule has 38 heavy (non-hydrogen) atoms. The molecule has 4 rings (SSSR count). The first-order chi connectivity index (χ1) is 18.1. The van der Waals surface area contributed by atoms with E-state index in [1.54, 1.807) is 13.8 Å². The Kier molecular flexibility index (Phi) is 8.60. The van der Waals surface area contributed by atoms with Crippen LogP contribution in [0.15, 0.2) is 42.5 Å². The molecule has 200 valence electrons. The summed E-state index contributed by atoms with van der Waals surface area (Å²) in [6.07, 6.45) is 7.17. The molecular weight excluding hydrogens is 472 g/mol. The summed E-state index contributed by atoms with van der Waals surface area (Å²) in [6.45, 7) is 9.48. The summed E-state index contributed by atoms with van der Waals surface area (Å²) in [5.74, 6) is -1.01. The zero-order valence-corrected chi connectivity index (χ0v) is 23.4. The molecule has 0 aromatic heterocycles. The van der Waals surface area contributed by atoms with Crippen molar-refractivity contribution in [3.63, 3.8) is 0 Å². The first kappa shape index (κ1) is 27.9. The van der Waals surface area contributed by atoms with E-state index in [4.69, 9.17) is 0 Å². The number of rotatable bonds is 10. The van der Waals surface area contributed by atoms with Crippen molar-refractivity contribution in [2.45, 2.75) is 85.5 Å². The summed E-state index contributed by atoms with van der Waals surface area (Å²) < 4.78 is 0. The first-order valence-electron chi connectivity index (χ1n) is 14.2. The van der Waals surface area contributed by atoms with Crippen LogP contribution in [-0.2, 0) is 20.8 Å². The van der Waals surface area contributed by atoms with Gasteiger partial charge in [-0.25, -0.2) is 0 Å². The molecule has 0 amide bonds. The van der Waals surface area contributed by atoms with Gasteiger partial charge in [0.05, 0.1) is 0 Å². The van der Waals surface area contributed by atoms with Crippen molar-refractivity contribution in [1.82, 2.24) is 0 Å². The molecule has 2 aromatic carbocycles. The maximum Gasteiger partial charge on any atom is 0.229 e. The van der Waals surface area contributed by atoms with Crippen molar-refractivity contribution in [2.24, 2.45) is 17.8 Å². The number of carbonyl (C=O) groups is 4. The Labute approximate surface area is 226 Å². The molecule has 4 nitrogen and oxygen atoms in total. The first-order valence-corrected chi connectivity index (χ1v) is 14.2. The largest absolute Gasteiger partial charge is 0.300 e. The van der Waals surface area contributed by atoms with Gasteiger partial charge in [-0.3, -0.25) is 19.2 Å². The van der Waals surface area contributed by atoms with Crippen LogP contribution in [0.3, 0.4) is 0 Å². The number of hydrogen-bond acceptors (Lipinski definition) is 4. The van der Waals surface area contributed by atoms with E-state index in [-0.39, 0.29) is 29.8 Å². The molecule has 2 aliphatic carbocycles. The van der Waals surface area contributed by atoms with Crippen LogP contribution in [0.4, 0.5) is 0 Å². The highest BCUT2D eigenvalue weighted by Gasteiger charge is 2.34. The van der Waals surface area contributed by atoms with Crippen LogP contribution in [0, 0.1) is 31.6 Å². The molecule has 1 fully saturated rings. The molecule has 2 atom stereocenters. The third-order valence-electron chi connectivity index (χ3n) is 8.57. The molecule has 0 aliphatic heterocycles. The van der Waals surface area contributed by atoms with Crippen molar-refractivity contribution in [2.75, 3.05) is 0 Å². The molecule has 0 spiro atoms. The molecule has 0 radical (unpaired) electrons. The Bertz CT molecular complexity index is 1270. The van der Waals surface area contributed by atoms with Gasteiger partial charge in [0.1, 0.15) is 5.78 Å². The number of hydrogen-bond donors (Lipinski definition) is 0. The van der Waals surface area contributed by atoms with Gasteiger partial charge in [-0.15, -0.1) is 0 Å². The Morgan fingerprint density at radius 3 is 2.24 bits per heavy atom. The molecule has 2 unspecified atom stereocenters. The van der Waals surface area contributed by atoms with Gasteiger partial charge in [0.2, 0.25) is 11.6 Å². The molecule has 1 saturated carbocycles. The second kappa shape index (κ2) is 11.7. The van der Waals surface area contributed by atoms with E-state index in [1.165, 1.54) is 11.1 Å². The smallest absolute Gasteiger partial charge is 0.229 e. The summed E-state index contributed by atoms with van der Waals surface area (Å²) >= 11 is 0. The second-order valence-corrected chi connectivity index (χ2v) is 11.6. The van der Waals surface area contributed by atoms with Crippen LogP contribution in [0.2, 0.25) is 0 Å². The monoisotopic (exact) mass is 512 g/mol. The molecule has 0 saturated heterocycles. The van der Waals surface area contributed by atoms with Crippen LogP contribution in [0.1, 0.15) is 103 Å². The Morgan fingerprint density at radius 1 is 0.947 bits per heavy atom. The minimum Gasteiger partial charge on any atom is -0.300 e. The summed E-state index contributed by atoms with van der Waals surface area (Å²) in [4.78, 5) is 51.6. The maximum absolute atomic E-state index is 13.7. The zero-order chi connectivity index (χ0) is 27.6. The van der Waals surface area contributed by atoms with Crippen LogP contribution >= 0.6 is 0 Å². The predicted molar refractivity (Wildman–Crippen MR) is 151 cm³/mol. The Morgan fingerprint density at radius 2 is 1.61 bits per heavy atom. The van der Waals surface area contributed by atoms with Crippen LogP contribution in [0.25, 0.3) is 5.57 Å². The molecule has 0 bridgehead atoms. The van der Waals surface area contributed by atoms with Crippen LogP contribution < -0.4 is 0 Å². The van der Waals surface area contributed by atoms with E-state index in [2.05, 4.69) is 31.2 Å². The standard InChI is InChI=1S/C34H40O4/c1-6-27(35)15-23(5)32(36)34(38)31-17-21(3)28-16-22(4)29(19-30(28)31)33(37)26-13-11-25(12-14-26)18-24-9-7-20(2)8-10-24/h7-10,16-17,19,21,23,25-26H,6,11-15,18H2,1-5H3. The van der Waals surface area contributed by atoms with Crippen molar-refractivity contribution in [3.8, 4) is 0 Å². The highest BCUT2D eigenvalue weighted by Crippen LogP contribution is 2.40. The minimum absolute atomic E-state index is 0.00955. The molecule has 4 heteroatoms. The van der Waals surface area contributed by atoms with E-state index >= 15 is 0 Å². The number of ketones is 4. The van der Waals surface area contributed by atoms with E-state index in [0.29, 0.717) is 29.0 Å². The number of Topliss-reactive ketones (excluding diaryl/α,β-unsaturated/α-hetero) is 4. The highest BCUT2D eigenvalue weighted by molar-refractivity contribution is 6.55. The molecular formula is C34H40O4. The Hall–Kier alpha value is -3.14. The number of aryl methyl sites for hydroxylation is 2. The lowest BCUT2D eigenvalue weighted by Gasteiger charge is -2.28. The van der Waals surface area contributed by atoms with Crippen molar-refractivity contribution in [3.05, 3.63) is 75.9 Å². The number of fused-ring (bicyclic) bond motifs is 1. The van der Waals surface area contributed by atoms with Gasteiger partial charge in [-0.1, -0.05) is 62.7 Å². The van der Waals surface area contributed by atoms with Gasteiger partial charge in [-0.2, -0.15) is 0 Å². The highest BCUT2D eigenvalue weighted by atomic mass is 16.2. The summed E-state index contributed by atoms with van der Waals surface area (Å²) in [5, 5.41) is 0. The van der Waals surface area contributed by atoms with Crippen molar-refractivity contribution < 1.29 is 19.2 Å². The fourth-order valence-electron chi connectivity index (χ4n) is 6.07. The average Bonchev–Trinajstić information content (AvgIpc) is 3.23. The quantitative estimate of drug-likeness (QED) is 0.250. The molecule has 2 aromatic rings. The Balaban J connectivity index is 1.47. The predicted octanol–water partition coefficient (Wildman–Crippen LogP) is 7.18. The third kappa shape index (κ3) is 5.95. The molecule has 0 N–H and O–H groups in total. The fourth-order valence-corrected chi connectivity index (χ4v) is 6.07. The normalized spacial score (nSPS) is 21.4. The van der Waals surface area contributed by atoms with Gasteiger partial charge in [0, 0.05) is 41.7 Å². The van der Waals surface area contributed by atoms with Gasteiger partial charge in [-0.05, 0) is 80.2 Å². The maximum atomic E-state index is 13.7. The van der Waals surface area contributed by atoms with Gasteiger partial charge in [0.25, 0.3) is 0 Å². The van der Waals surface area contributed by atoms with Crippen molar-refractivity contribution in [1.29, 1.82) is 0 Å². The molecule has 0 heterocycles. The third-order valence-corrected chi connectivity index (χ3v) is 8.57. The SMILES string of the molecule is CCC(=O)CC(C)C(=O)C(=O)C1=CC(C)c2cc(C)c(C(=O)C3CCC(Cc4ccc(C)cc4)CC3)cc21. The summed E-state index contributed by atoms with van der Waals surface area (Å²) in [5.41, 5.74) is 6.29. The lowest BCUT2D eigenvalue weighted by molar-refractivity contribution is -0.136. The van der Waals surface area contributed by atoms with Crippen LogP contribution in [-0.4, -0.2) is 23.1 Å². The minimum atomic E-state index is -0.642. The number of benzene rings is 2. The lowest BCUT2D eigenvalue weighted by Crippen LogP contribution is -2.25. The second-order valence-electron chi connectivity index (χ2n) is 11.6. The van der Waals surface area contributed by atoms with E-state index in [1.807, 2.05) is 32.1 Å².